The third-order valence-corrected chi connectivity index (χ3v) is 4.73. The summed E-state index contributed by atoms with van der Waals surface area (Å²) in [6.45, 7) is -0.168. The van der Waals surface area contributed by atoms with Crippen LogP contribution in [-0.2, 0) is 14.3 Å². The number of methoxy groups -OCH3 is 1. The van der Waals surface area contributed by atoms with Crippen LogP contribution in [0.15, 0.2) is 30.3 Å². The molecule has 1 aromatic carbocycles. The highest BCUT2D eigenvalue weighted by atomic mass is 16.5. The fourth-order valence-corrected chi connectivity index (χ4v) is 3.35. The molecule has 0 saturated heterocycles. The number of ether oxygens (including phenoxy) is 1. The van der Waals surface area contributed by atoms with E-state index in [0.29, 0.717) is 0 Å². The average molecular weight is 289 g/mol. The number of aliphatic hydroxyl groups excluding tert-OH is 1. The van der Waals surface area contributed by atoms with Gasteiger partial charge in [-0.3, -0.25) is 9.59 Å². The Bertz CT molecular complexity index is 553. The van der Waals surface area contributed by atoms with E-state index in [0.717, 1.165) is 18.4 Å². The maximum absolute atomic E-state index is 12.4. The predicted octanol–water partition coefficient (Wildman–Crippen LogP) is 1.04. The SMILES string of the molecule is COC(=O)[C@@H]1[C@@H](C(=O)N[C@@H](CO)c2ccccc2)C12CC2. The first-order valence-electron chi connectivity index (χ1n) is 7.18. The number of rotatable bonds is 5. The molecule has 2 N–H and O–H groups in total. The molecule has 1 aromatic rings. The van der Waals surface area contributed by atoms with E-state index in [2.05, 4.69) is 5.32 Å². The van der Waals surface area contributed by atoms with Crippen molar-refractivity contribution in [3.63, 3.8) is 0 Å². The lowest BCUT2D eigenvalue weighted by molar-refractivity contribution is -0.143. The number of carbonyl (C=O) groups is 2. The summed E-state index contributed by atoms with van der Waals surface area (Å²) in [7, 11) is 1.35. The molecule has 2 aliphatic rings. The van der Waals surface area contributed by atoms with Crippen LogP contribution in [0.25, 0.3) is 0 Å². The largest absolute Gasteiger partial charge is 0.469 e. The Hall–Kier alpha value is -1.88. The van der Waals surface area contributed by atoms with Gasteiger partial charge in [0.15, 0.2) is 0 Å². The summed E-state index contributed by atoms with van der Waals surface area (Å²) in [5.41, 5.74) is 0.696. The molecule has 1 amide bonds. The van der Waals surface area contributed by atoms with Crippen LogP contribution in [0.5, 0.6) is 0 Å². The van der Waals surface area contributed by atoms with Gasteiger partial charge in [0.05, 0.1) is 31.6 Å². The zero-order chi connectivity index (χ0) is 15.0. The molecule has 21 heavy (non-hydrogen) atoms. The van der Waals surface area contributed by atoms with Crippen LogP contribution in [-0.4, -0.2) is 30.7 Å². The van der Waals surface area contributed by atoms with Gasteiger partial charge in [0.1, 0.15) is 0 Å². The standard InChI is InChI=1S/C16H19NO4/c1-21-15(20)13-12(16(13)7-8-16)14(19)17-11(9-18)10-5-3-2-4-6-10/h2-6,11-13,18H,7-9H2,1H3,(H,17,19)/t11-,12-,13-/m0/s1. The molecular formula is C16H19NO4. The smallest absolute Gasteiger partial charge is 0.310 e. The zero-order valence-corrected chi connectivity index (χ0v) is 11.9. The second kappa shape index (κ2) is 5.15. The van der Waals surface area contributed by atoms with E-state index < -0.39 is 6.04 Å². The number of nitrogens with one attached hydrogen (secondary N) is 1. The molecule has 0 aromatic heterocycles. The van der Waals surface area contributed by atoms with E-state index in [1.54, 1.807) is 0 Å². The first-order valence-corrected chi connectivity index (χ1v) is 7.18. The number of hydrogen-bond acceptors (Lipinski definition) is 4. The Morgan fingerprint density at radius 3 is 2.52 bits per heavy atom. The van der Waals surface area contributed by atoms with Crippen LogP contribution in [0.2, 0.25) is 0 Å². The van der Waals surface area contributed by atoms with Crippen molar-refractivity contribution in [2.75, 3.05) is 13.7 Å². The molecule has 0 bridgehead atoms. The molecule has 0 aliphatic heterocycles. The van der Waals surface area contributed by atoms with Crippen molar-refractivity contribution in [2.45, 2.75) is 18.9 Å². The number of aliphatic hydroxyl groups is 1. The lowest BCUT2D eigenvalue weighted by atomic mass is 10.1. The van der Waals surface area contributed by atoms with Crippen LogP contribution in [0.4, 0.5) is 0 Å². The van der Waals surface area contributed by atoms with Crippen LogP contribution in [0.3, 0.4) is 0 Å². The van der Waals surface area contributed by atoms with Crippen molar-refractivity contribution in [1.82, 2.24) is 5.32 Å². The lowest BCUT2D eigenvalue weighted by Crippen LogP contribution is -2.33. The molecule has 112 valence electrons. The first kappa shape index (κ1) is 14.1. The number of esters is 1. The van der Waals surface area contributed by atoms with E-state index in [-0.39, 0.29) is 35.7 Å². The molecule has 5 nitrogen and oxygen atoms in total. The van der Waals surface area contributed by atoms with Crippen LogP contribution < -0.4 is 5.32 Å². The van der Waals surface area contributed by atoms with Crippen molar-refractivity contribution in [2.24, 2.45) is 17.3 Å². The van der Waals surface area contributed by atoms with Gasteiger partial charge in [-0.2, -0.15) is 0 Å². The summed E-state index contributed by atoms with van der Waals surface area (Å²) in [6, 6.07) is 8.89. The molecule has 3 rings (SSSR count). The molecule has 2 aliphatic carbocycles. The molecule has 5 heteroatoms. The predicted molar refractivity (Wildman–Crippen MR) is 75.1 cm³/mol. The second-order valence-corrected chi connectivity index (χ2v) is 5.87. The van der Waals surface area contributed by atoms with Gasteiger partial charge in [-0.25, -0.2) is 0 Å². The van der Waals surface area contributed by atoms with Gasteiger partial charge >= 0.3 is 5.97 Å². The maximum Gasteiger partial charge on any atom is 0.310 e. The normalized spacial score (nSPS) is 26.0. The summed E-state index contributed by atoms with van der Waals surface area (Å²) >= 11 is 0. The molecule has 0 heterocycles. The maximum atomic E-state index is 12.4. The quantitative estimate of drug-likeness (QED) is 0.794. The molecule has 3 atom stereocenters. The fraction of sp³-hybridized carbons (Fsp3) is 0.500. The minimum Gasteiger partial charge on any atom is -0.469 e. The van der Waals surface area contributed by atoms with Crippen molar-refractivity contribution < 1.29 is 19.4 Å². The number of amides is 1. The van der Waals surface area contributed by atoms with Crippen LogP contribution >= 0.6 is 0 Å². The Balaban J connectivity index is 1.68. The van der Waals surface area contributed by atoms with Crippen molar-refractivity contribution in [3.8, 4) is 0 Å². The van der Waals surface area contributed by atoms with Gasteiger partial charge in [-0.05, 0) is 23.8 Å². The Labute approximate surface area is 123 Å². The molecular weight excluding hydrogens is 270 g/mol. The van der Waals surface area contributed by atoms with Gasteiger partial charge in [0.25, 0.3) is 0 Å². The van der Waals surface area contributed by atoms with Gasteiger partial charge in [0, 0.05) is 0 Å². The third-order valence-electron chi connectivity index (χ3n) is 4.73. The van der Waals surface area contributed by atoms with E-state index in [1.165, 1.54) is 7.11 Å². The number of hydrogen-bond donors (Lipinski definition) is 2. The minimum absolute atomic E-state index is 0.159. The highest BCUT2D eigenvalue weighted by molar-refractivity contribution is 5.93. The fourth-order valence-electron chi connectivity index (χ4n) is 3.35. The summed E-state index contributed by atoms with van der Waals surface area (Å²) < 4.78 is 4.78. The van der Waals surface area contributed by atoms with Crippen molar-refractivity contribution in [1.29, 1.82) is 0 Å². The van der Waals surface area contributed by atoms with Gasteiger partial charge in [-0.15, -0.1) is 0 Å². The Morgan fingerprint density at radius 2 is 2.00 bits per heavy atom. The van der Waals surface area contributed by atoms with E-state index >= 15 is 0 Å². The Morgan fingerprint density at radius 1 is 1.33 bits per heavy atom. The van der Waals surface area contributed by atoms with Gasteiger partial charge < -0.3 is 15.2 Å². The van der Waals surface area contributed by atoms with Gasteiger partial charge in [-0.1, -0.05) is 30.3 Å². The lowest BCUT2D eigenvalue weighted by Gasteiger charge is -2.16. The summed E-state index contributed by atoms with van der Waals surface area (Å²) in [5.74, 6) is -1.07. The first-order chi connectivity index (χ1) is 10.1. The number of carbonyl (C=O) groups excluding carboxylic acids is 2. The second-order valence-electron chi connectivity index (χ2n) is 5.87. The van der Waals surface area contributed by atoms with Crippen molar-refractivity contribution in [3.05, 3.63) is 35.9 Å². The zero-order valence-electron chi connectivity index (χ0n) is 11.9. The molecule has 2 fully saturated rings. The molecule has 2 saturated carbocycles. The average Bonchev–Trinajstić information content (AvgIpc) is 3.43. The third kappa shape index (κ3) is 2.31. The van der Waals surface area contributed by atoms with Crippen LogP contribution in [0.1, 0.15) is 24.4 Å². The van der Waals surface area contributed by atoms with Gasteiger partial charge in [0.2, 0.25) is 5.91 Å². The minimum atomic E-state index is -0.437. The van der Waals surface area contributed by atoms with E-state index in [4.69, 9.17) is 4.74 Å². The monoisotopic (exact) mass is 289 g/mol. The highest BCUT2D eigenvalue weighted by Gasteiger charge is 2.78. The molecule has 1 spiro atoms. The summed E-state index contributed by atoms with van der Waals surface area (Å²) in [4.78, 5) is 24.1. The van der Waals surface area contributed by atoms with E-state index in [1.807, 2.05) is 30.3 Å². The van der Waals surface area contributed by atoms with Crippen molar-refractivity contribution >= 4 is 11.9 Å². The van der Waals surface area contributed by atoms with Crippen LogP contribution in [0, 0.1) is 17.3 Å². The summed E-state index contributed by atoms with van der Waals surface area (Å²) in [5, 5.41) is 12.3. The molecule has 0 radical (unpaired) electrons. The summed E-state index contributed by atoms with van der Waals surface area (Å²) in [6.07, 6.45) is 1.81. The molecule has 0 unspecified atom stereocenters. The van der Waals surface area contributed by atoms with E-state index in [9.17, 15) is 14.7 Å². The topological polar surface area (TPSA) is 75.6 Å². The Kier molecular flexibility index (Phi) is 3.45. The highest BCUT2D eigenvalue weighted by Crippen LogP contribution is 2.75. The number of benzene rings is 1.